The minimum atomic E-state index is -1.08. The molecular weight excluding hydrogens is 564 g/mol. The van der Waals surface area contributed by atoms with Gasteiger partial charge in [0.05, 0.1) is 11.3 Å². The summed E-state index contributed by atoms with van der Waals surface area (Å²) in [7, 11) is 1.97. The highest BCUT2D eigenvalue weighted by atomic mass is 19.1. The van der Waals surface area contributed by atoms with Crippen LogP contribution in [0.4, 0.5) is 14.6 Å². The van der Waals surface area contributed by atoms with Crippen LogP contribution in [0.25, 0.3) is 34.1 Å². The standard InChI is InChI=1S/C23H17F2N7.C9H16N2O/c24-14-9-13-10-15(12-18(25)17(13)11-14)32-22(16-3-1-6-27-21(16)26)29-19-4-5-20(30-23(19)32)31-8-2-7-28-31;1-3-9(12)11-6-4-8(10-2)5-7-11/h1-8,10,12,14H,9,11H2,(H2,26,27);3,8,10H,1,4-7H2,2H3. The number of nitrogen functional groups attached to an aromatic ring is 1. The van der Waals surface area contributed by atoms with Gasteiger partial charge in [-0.3, -0.25) is 9.36 Å². The Morgan fingerprint density at radius 2 is 1.93 bits per heavy atom. The zero-order valence-electron chi connectivity index (χ0n) is 24.3. The van der Waals surface area contributed by atoms with Gasteiger partial charge in [-0.1, -0.05) is 6.58 Å². The van der Waals surface area contributed by atoms with E-state index in [1.165, 1.54) is 12.1 Å². The average Bonchev–Trinajstić information content (AvgIpc) is 3.79. The molecular formula is C32H33F2N9O. The number of anilines is 1. The van der Waals surface area contributed by atoms with Gasteiger partial charge in [-0.2, -0.15) is 5.10 Å². The number of carbonyl (C=O) groups is 1. The molecule has 0 radical (unpaired) electrons. The number of hydrogen-bond acceptors (Lipinski definition) is 7. The molecule has 1 aliphatic heterocycles. The maximum atomic E-state index is 15.0. The average molecular weight is 598 g/mol. The van der Waals surface area contributed by atoms with Gasteiger partial charge in [0.25, 0.3) is 0 Å². The van der Waals surface area contributed by atoms with Crippen molar-refractivity contribution in [2.24, 2.45) is 0 Å². The van der Waals surface area contributed by atoms with E-state index in [0.29, 0.717) is 57.0 Å². The quantitative estimate of drug-likeness (QED) is 0.291. The monoisotopic (exact) mass is 597 g/mol. The van der Waals surface area contributed by atoms with Crippen molar-refractivity contribution in [3.63, 3.8) is 0 Å². The van der Waals surface area contributed by atoms with E-state index in [-0.39, 0.29) is 18.7 Å². The third kappa shape index (κ3) is 5.68. The van der Waals surface area contributed by atoms with E-state index in [1.807, 2.05) is 18.0 Å². The Labute approximate surface area is 253 Å². The second kappa shape index (κ2) is 12.3. The molecule has 2 aliphatic rings. The first-order valence-corrected chi connectivity index (χ1v) is 14.5. The molecule has 1 aromatic carbocycles. The number of fused-ring (bicyclic) bond motifs is 2. The number of carbonyl (C=O) groups excluding carboxylic acids is 1. The summed E-state index contributed by atoms with van der Waals surface area (Å²) in [6, 6.07) is 12.8. The molecule has 0 bridgehead atoms. The van der Waals surface area contributed by atoms with Gasteiger partial charge in [0.15, 0.2) is 17.3 Å². The Bertz CT molecular complexity index is 1810. The van der Waals surface area contributed by atoms with Crippen molar-refractivity contribution in [2.75, 3.05) is 25.9 Å². The minimum Gasteiger partial charge on any atom is -0.383 e. The smallest absolute Gasteiger partial charge is 0.245 e. The summed E-state index contributed by atoms with van der Waals surface area (Å²) in [5.41, 5.74) is 9.43. The molecule has 12 heteroatoms. The van der Waals surface area contributed by atoms with Gasteiger partial charge < -0.3 is 16.0 Å². The highest BCUT2D eigenvalue weighted by molar-refractivity contribution is 5.87. The molecule has 4 aromatic heterocycles. The number of amides is 1. The number of benzene rings is 1. The predicted molar refractivity (Wildman–Crippen MR) is 165 cm³/mol. The first-order chi connectivity index (χ1) is 21.4. The van der Waals surface area contributed by atoms with Gasteiger partial charge in [0.2, 0.25) is 5.91 Å². The van der Waals surface area contributed by atoms with Gasteiger partial charge >= 0.3 is 0 Å². The number of halogens is 2. The number of nitrogens with zero attached hydrogens (tertiary/aromatic N) is 7. The number of likely N-dealkylation sites (tertiary alicyclic amines) is 1. The largest absolute Gasteiger partial charge is 0.383 e. The van der Waals surface area contributed by atoms with E-state index in [0.717, 1.165) is 25.9 Å². The van der Waals surface area contributed by atoms with Gasteiger partial charge in [-0.15, -0.1) is 0 Å². The zero-order valence-corrected chi connectivity index (χ0v) is 24.3. The van der Waals surface area contributed by atoms with Crippen LogP contribution < -0.4 is 11.1 Å². The molecule has 0 spiro atoms. The SMILES string of the molecule is C=CC(=O)N1CCC(NC)CC1.Nc1ncccc1-c1nc2ccc(-n3cccn3)nc2n1-c1cc(F)c2c(c1)CC(F)C2. The van der Waals surface area contributed by atoms with Crippen LogP contribution in [0.1, 0.15) is 24.0 Å². The van der Waals surface area contributed by atoms with Crippen molar-refractivity contribution in [2.45, 2.75) is 37.9 Å². The molecule has 226 valence electrons. The molecule has 5 aromatic rings. The van der Waals surface area contributed by atoms with Crippen molar-refractivity contribution in [1.82, 2.24) is 39.5 Å². The summed E-state index contributed by atoms with van der Waals surface area (Å²) in [5.74, 6) is 0.976. The van der Waals surface area contributed by atoms with Crippen molar-refractivity contribution >= 4 is 22.9 Å². The van der Waals surface area contributed by atoms with Crippen LogP contribution in [0.2, 0.25) is 0 Å². The first kappa shape index (κ1) is 29.1. The van der Waals surface area contributed by atoms with Crippen LogP contribution in [0, 0.1) is 5.82 Å². The second-order valence-electron chi connectivity index (χ2n) is 10.8. The summed E-state index contributed by atoms with van der Waals surface area (Å²) in [4.78, 5) is 26.7. The Kier molecular flexibility index (Phi) is 8.16. The summed E-state index contributed by atoms with van der Waals surface area (Å²) in [6.07, 6.45) is 7.73. The summed E-state index contributed by atoms with van der Waals surface area (Å²) in [6.45, 7) is 5.18. The Morgan fingerprint density at radius 3 is 2.64 bits per heavy atom. The van der Waals surface area contributed by atoms with Gasteiger partial charge in [-0.05, 0) is 79.6 Å². The molecule has 1 unspecified atom stereocenters. The normalized spacial score (nSPS) is 16.4. The van der Waals surface area contributed by atoms with E-state index >= 15 is 0 Å². The Hall–Kier alpha value is -4.97. The lowest BCUT2D eigenvalue weighted by Gasteiger charge is -2.30. The number of nitrogens with two attached hydrogens (primary N) is 1. The molecule has 1 atom stereocenters. The highest BCUT2D eigenvalue weighted by Gasteiger charge is 2.27. The van der Waals surface area contributed by atoms with E-state index < -0.39 is 12.0 Å². The molecule has 1 fully saturated rings. The number of rotatable bonds is 5. The number of hydrogen-bond donors (Lipinski definition) is 2. The molecule has 1 aliphatic carbocycles. The number of imidazole rings is 1. The van der Waals surface area contributed by atoms with E-state index in [1.54, 1.807) is 58.2 Å². The number of pyridine rings is 2. The van der Waals surface area contributed by atoms with Crippen molar-refractivity contribution in [3.05, 3.63) is 90.7 Å². The number of alkyl halides is 1. The maximum absolute atomic E-state index is 15.0. The number of piperidine rings is 1. The molecule has 0 saturated carbocycles. The van der Waals surface area contributed by atoms with Crippen LogP contribution in [0.3, 0.4) is 0 Å². The molecule has 5 heterocycles. The number of nitrogens with one attached hydrogen (secondary N) is 1. The zero-order chi connectivity index (χ0) is 30.8. The summed E-state index contributed by atoms with van der Waals surface area (Å²) >= 11 is 0. The molecule has 44 heavy (non-hydrogen) atoms. The van der Waals surface area contributed by atoms with Crippen molar-refractivity contribution in [1.29, 1.82) is 0 Å². The Balaban J connectivity index is 0.000000242. The maximum Gasteiger partial charge on any atom is 0.245 e. The van der Waals surface area contributed by atoms with Crippen molar-refractivity contribution in [3.8, 4) is 22.9 Å². The van der Waals surface area contributed by atoms with Crippen molar-refractivity contribution < 1.29 is 13.6 Å². The van der Waals surface area contributed by atoms with Crippen LogP contribution in [-0.2, 0) is 17.6 Å². The fourth-order valence-corrected chi connectivity index (χ4v) is 5.78. The predicted octanol–water partition coefficient (Wildman–Crippen LogP) is 4.21. The fraction of sp³-hybridized carbons (Fsp3) is 0.281. The van der Waals surface area contributed by atoms with Crippen LogP contribution >= 0.6 is 0 Å². The third-order valence-corrected chi connectivity index (χ3v) is 8.10. The van der Waals surface area contributed by atoms with Gasteiger partial charge in [-0.25, -0.2) is 28.4 Å². The third-order valence-electron chi connectivity index (χ3n) is 8.10. The molecule has 10 nitrogen and oxygen atoms in total. The highest BCUT2D eigenvalue weighted by Crippen LogP contribution is 2.34. The summed E-state index contributed by atoms with van der Waals surface area (Å²) in [5, 5.41) is 7.45. The van der Waals surface area contributed by atoms with Crippen LogP contribution in [0.5, 0.6) is 0 Å². The van der Waals surface area contributed by atoms with Gasteiger partial charge in [0.1, 0.15) is 23.3 Å². The summed E-state index contributed by atoms with van der Waals surface area (Å²) < 4.78 is 32.3. The molecule has 7 rings (SSSR count). The van der Waals surface area contributed by atoms with E-state index in [9.17, 15) is 13.6 Å². The lowest BCUT2D eigenvalue weighted by Crippen LogP contribution is -2.43. The van der Waals surface area contributed by atoms with E-state index in [4.69, 9.17) is 15.7 Å². The number of aromatic nitrogens is 6. The molecule has 3 N–H and O–H groups in total. The molecule has 1 saturated heterocycles. The van der Waals surface area contributed by atoms with Crippen LogP contribution in [0.15, 0.2) is 73.7 Å². The minimum absolute atomic E-state index is 0.0598. The lowest BCUT2D eigenvalue weighted by atomic mass is 10.1. The first-order valence-electron chi connectivity index (χ1n) is 14.5. The fourth-order valence-electron chi connectivity index (χ4n) is 5.78. The topological polar surface area (TPSA) is 120 Å². The van der Waals surface area contributed by atoms with E-state index in [2.05, 4.69) is 22.0 Å². The lowest BCUT2D eigenvalue weighted by molar-refractivity contribution is -0.127. The Morgan fingerprint density at radius 1 is 1.11 bits per heavy atom. The second-order valence-corrected chi connectivity index (χ2v) is 10.8. The van der Waals surface area contributed by atoms with Crippen LogP contribution in [-0.4, -0.2) is 72.5 Å². The van der Waals surface area contributed by atoms with Gasteiger partial charge in [0, 0.05) is 50.6 Å². The molecule has 1 amide bonds.